The van der Waals surface area contributed by atoms with E-state index in [2.05, 4.69) is 75.6 Å². The van der Waals surface area contributed by atoms with E-state index in [1.807, 2.05) is 24.3 Å². The number of aromatic hydroxyl groups is 2. The highest BCUT2D eigenvalue weighted by molar-refractivity contribution is 9.11. The standard InChI is InChI=1S/C19H14Br4N2O2/c1-2-3-15-17(10-6-13(22)19(27)14(23)7-10)24-8-16(25-15)9-4-11(20)18(26)12(21)5-9/h4-8,26-27H,2-3H2,1H3. The summed E-state index contributed by atoms with van der Waals surface area (Å²) in [5, 5.41) is 19.9. The van der Waals surface area contributed by atoms with E-state index in [9.17, 15) is 10.2 Å². The van der Waals surface area contributed by atoms with Crippen molar-refractivity contribution in [1.29, 1.82) is 0 Å². The summed E-state index contributed by atoms with van der Waals surface area (Å²) in [7, 11) is 0. The average molecular weight is 622 g/mol. The molecule has 140 valence electrons. The molecule has 0 unspecified atom stereocenters. The van der Waals surface area contributed by atoms with Crippen molar-refractivity contribution >= 4 is 63.7 Å². The van der Waals surface area contributed by atoms with Crippen LogP contribution in [0.2, 0.25) is 0 Å². The number of rotatable bonds is 4. The van der Waals surface area contributed by atoms with Crippen LogP contribution in [0.5, 0.6) is 11.5 Å². The van der Waals surface area contributed by atoms with Gasteiger partial charge in [0, 0.05) is 11.1 Å². The summed E-state index contributed by atoms with van der Waals surface area (Å²) in [4.78, 5) is 9.48. The van der Waals surface area contributed by atoms with Gasteiger partial charge in [0.25, 0.3) is 0 Å². The molecule has 0 aliphatic rings. The lowest BCUT2D eigenvalue weighted by Crippen LogP contribution is -2.00. The van der Waals surface area contributed by atoms with Gasteiger partial charge in [-0.3, -0.25) is 4.98 Å². The fourth-order valence-corrected chi connectivity index (χ4v) is 5.01. The summed E-state index contributed by atoms with van der Waals surface area (Å²) < 4.78 is 2.35. The van der Waals surface area contributed by atoms with Crippen LogP contribution < -0.4 is 0 Å². The Morgan fingerprint density at radius 2 is 1.30 bits per heavy atom. The number of phenols is 2. The Balaban J connectivity index is 2.14. The number of phenolic OH excluding ortho intramolecular Hbond substituents is 2. The molecular formula is C19H14Br4N2O2. The van der Waals surface area contributed by atoms with Crippen molar-refractivity contribution in [1.82, 2.24) is 9.97 Å². The van der Waals surface area contributed by atoms with Gasteiger partial charge >= 0.3 is 0 Å². The van der Waals surface area contributed by atoms with Crippen molar-refractivity contribution in [2.24, 2.45) is 0 Å². The minimum Gasteiger partial charge on any atom is -0.506 e. The van der Waals surface area contributed by atoms with Crippen LogP contribution in [0, 0.1) is 0 Å². The van der Waals surface area contributed by atoms with Crippen molar-refractivity contribution in [3.63, 3.8) is 0 Å². The van der Waals surface area contributed by atoms with Crippen LogP contribution in [0.15, 0.2) is 48.4 Å². The monoisotopic (exact) mass is 618 g/mol. The van der Waals surface area contributed by atoms with E-state index in [1.54, 1.807) is 6.20 Å². The Hall–Kier alpha value is -0.960. The minimum atomic E-state index is 0.149. The van der Waals surface area contributed by atoms with Gasteiger partial charge in [0.2, 0.25) is 0 Å². The zero-order chi connectivity index (χ0) is 19.7. The lowest BCUT2D eigenvalue weighted by atomic mass is 10.1. The number of aromatic nitrogens is 2. The van der Waals surface area contributed by atoms with E-state index in [4.69, 9.17) is 4.98 Å². The number of benzene rings is 2. The first-order chi connectivity index (χ1) is 12.8. The SMILES string of the molecule is CCCc1nc(-c2cc(Br)c(O)c(Br)c2)cnc1-c1cc(Br)c(O)c(Br)c1. The molecule has 27 heavy (non-hydrogen) atoms. The van der Waals surface area contributed by atoms with Crippen LogP contribution in [0.1, 0.15) is 19.0 Å². The third kappa shape index (κ3) is 4.39. The molecule has 1 heterocycles. The molecule has 0 saturated carbocycles. The number of aryl methyl sites for hydroxylation is 1. The van der Waals surface area contributed by atoms with Crippen molar-refractivity contribution in [2.45, 2.75) is 19.8 Å². The van der Waals surface area contributed by atoms with Crippen LogP contribution in [0.4, 0.5) is 0 Å². The second kappa shape index (κ2) is 8.59. The van der Waals surface area contributed by atoms with Gasteiger partial charge in [-0.25, -0.2) is 4.98 Å². The second-order valence-electron chi connectivity index (χ2n) is 5.88. The summed E-state index contributed by atoms with van der Waals surface area (Å²) in [5.41, 5.74) is 4.08. The molecule has 0 atom stereocenters. The smallest absolute Gasteiger partial charge is 0.143 e. The van der Waals surface area contributed by atoms with Crippen LogP contribution in [-0.2, 0) is 6.42 Å². The first kappa shape index (κ1) is 20.8. The van der Waals surface area contributed by atoms with E-state index >= 15 is 0 Å². The number of nitrogens with zero attached hydrogens (tertiary/aromatic N) is 2. The maximum absolute atomic E-state index is 9.96. The van der Waals surface area contributed by atoms with E-state index in [0.717, 1.165) is 41.1 Å². The lowest BCUT2D eigenvalue weighted by molar-refractivity contribution is 0.468. The number of halogens is 4. The molecule has 0 fully saturated rings. The highest BCUT2D eigenvalue weighted by Gasteiger charge is 2.15. The van der Waals surface area contributed by atoms with Crippen molar-refractivity contribution in [2.75, 3.05) is 0 Å². The molecule has 1 aromatic heterocycles. The van der Waals surface area contributed by atoms with Gasteiger partial charge in [-0.2, -0.15) is 0 Å². The molecular weight excluding hydrogens is 608 g/mol. The van der Waals surface area contributed by atoms with Gasteiger partial charge < -0.3 is 10.2 Å². The third-order valence-corrected chi connectivity index (χ3v) is 6.35. The number of hydrogen-bond acceptors (Lipinski definition) is 4. The molecule has 0 saturated heterocycles. The van der Waals surface area contributed by atoms with Gasteiger partial charge in [-0.1, -0.05) is 13.3 Å². The molecule has 3 aromatic rings. The minimum absolute atomic E-state index is 0.149. The van der Waals surface area contributed by atoms with Crippen LogP contribution >= 0.6 is 63.7 Å². The predicted octanol–water partition coefficient (Wildman–Crippen LogP) is 7.22. The molecule has 0 bridgehead atoms. The van der Waals surface area contributed by atoms with Crippen LogP contribution in [-0.4, -0.2) is 20.2 Å². The van der Waals surface area contributed by atoms with Crippen LogP contribution in [0.25, 0.3) is 22.5 Å². The summed E-state index contributed by atoms with van der Waals surface area (Å²) >= 11 is 13.4. The van der Waals surface area contributed by atoms with Gasteiger partial charge in [-0.15, -0.1) is 0 Å². The largest absolute Gasteiger partial charge is 0.506 e. The maximum Gasteiger partial charge on any atom is 0.143 e. The molecule has 0 amide bonds. The topological polar surface area (TPSA) is 66.2 Å². The molecule has 0 spiro atoms. The zero-order valence-corrected chi connectivity index (χ0v) is 20.4. The highest BCUT2D eigenvalue weighted by Crippen LogP contribution is 2.39. The normalized spacial score (nSPS) is 11.0. The van der Waals surface area contributed by atoms with E-state index in [0.29, 0.717) is 17.9 Å². The van der Waals surface area contributed by atoms with Gasteiger partial charge in [0.1, 0.15) is 11.5 Å². The predicted molar refractivity (Wildman–Crippen MR) is 121 cm³/mol. The average Bonchev–Trinajstić information content (AvgIpc) is 2.63. The van der Waals surface area contributed by atoms with Gasteiger partial charge in [0.05, 0.1) is 41.2 Å². The van der Waals surface area contributed by atoms with Gasteiger partial charge in [0.15, 0.2) is 0 Å². The Labute approximate surface area is 190 Å². The third-order valence-electron chi connectivity index (χ3n) is 3.93. The molecule has 0 aliphatic carbocycles. The first-order valence-electron chi connectivity index (χ1n) is 8.04. The molecule has 0 aliphatic heterocycles. The summed E-state index contributed by atoms with van der Waals surface area (Å²) in [5.74, 6) is 0.301. The first-order valence-corrected chi connectivity index (χ1v) is 11.2. The quantitative estimate of drug-likeness (QED) is 0.323. The summed E-state index contributed by atoms with van der Waals surface area (Å²) in [6.45, 7) is 2.09. The highest BCUT2D eigenvalue weighted by atomic mass is 79.9. The van der Waals surface area contributed by atoms with E-state index in [-0.39, 0.29) is 11.5 Å². The van der Waals surface area contributed by atoms with Crippen molar-refractivity contribution < 1.29 is 10.2 Å². The molecule has 3 rings (SSSR count). The molecule has 8 heteroatoms. The van der Waals surface area contributed by atoms with Crippen molar-refractivity contribution in [3.8, 4) is 34.0 Å². The maximum atomic E-state index is 9.96. The zero-order valence-electron chi connectivity index (χ0n) is 14.1. The molecule has 2 aromatic carbocycles. The van der Waals surface area contributed by atoms with Crippen LogP contribution in [0.3, 0.4) is 0 Å². The van der Waals surface area contributed by atoms with E-state index < -0.39 is 0 Å². The summed E-state index contributed by atoms with van der Waals surface area (Å²) in [6, 6.07) is 7.29. The molecule has 4 nitrogen and oxygen atoms in total. The Bertz CT molecular complexity index is 979. The lowest BCUT2D eigenvalue weighted by Gasteiger charge is -2.12. The Morgan fingerprint density at radius 3 is 1.78 bits per heavy atom. The second-order valence-corrected chi connectivity index (χ2v) is 9.29. The number of hydrogen-bond donors (Lipinski definition) is 2. The fourth-order valence-electron chi connectivity index (χ4n) is 2.63. The molecule has 0 radical (unpaired) electrons. The Morgan fingerprint density at radius 1 is 0.815 bits per heavy atom. The summed E-state index contributed by atoms with van der Waals surface area (Å²) in [6.07, 6.45) is 3.41. The van der Waals surface area contributed by atoms with E-state index in [1.165, 1.54) is 0 Å². The Kier molecular flexibility index (Phi) is 6.61. The van der Waals surface area contributed by atoms with Gasteiger partial charge in [-0.05, 0) is 94.4 Å². The molecule has 2 N–H and O–H groups in total. The van der Waals surface area contributed by atoms with Crippen molar-refractivity contribution in [3.05, 3.63) is 54.0 Å². The fraction of sp³-hybridized carbons (Fsp3) is 0.158.